The second-order valence-electron chi connectivity index (χ2n) is 6.86. The Bertz CT molecular complexity index is 849. The maximum absolute atomic E-state index is 14.7. The van der Waals surface area contributed by atoms with Gasteiger partial charge in [-0.2, -0.15) is 0 Å². The van der Waals surface area contributed by atoms with Crippen molar-refractivity contribution in [1.82, 2.24) is 0 Å². The quantitative estimate of drug-likeness (QED) is 0.897. The van der Waals surface area contributed by atoms with E-state index >= 15 is 0 Å². The minimum Gasteiger partial charge on any atom is -0.497 e. The second kappa shape index (κ2) is 6.02. The van der Waals surface area contributed by atoms with Crippen LogP contribution in [-0.4, -0.2) is 13.2 Å². The van der Waals surface area contributed by atoms with E-state index in [0.717, 1.165) is 5.56 Å². The van der Waals surface area contributed by atoms with Crippen molar-refractivity contribution in [1.29, 1.82) is 0 Å². The molecule has 2 aromatic carbocycles. The molecule has 1 amide bonds. The number of benzene rings is 2. The van der Waals surface area contributed by atoms with E-state index in [4.69, 9.17) is 15.2 Å². The number of amides is 1. The van der Waals surface area contributed by atoms with Gasteiger partial charge in [0.05, 0.1) is 7.11 Å². The van der Waals surface area contributed by atoms with Gasteiger partial charge in [-0.3, -0.25) is 0 Å². The Morgan fingerprint density at radius 1 is 1.16 bits per heavy atom. The highest BCUT2D eigenvalue weighted by Crippen LogP contribution is 2.49. The smallest absolute Gasteiger partial charge is 0.405 e. The molecule has 0 fully saturated rings. The fourth-order valence-corrected chi connectivity index (χ4v) is 3.42. The van der Waals surface area contributed by atoms with E-state index < -0.39 is 29.2 Å². The van der Waals surface area contributed by atoms with Crippen LogP contribution in [0, 0.1) is 17.0 Å². The van der Waals surface area contributed by atoms with Gasteiger partial charge in [0.1, 0.15) is 23.5 Å². The summed E-state index contributed by atoms with van der Waals surface area (Å²) in [5.74, 6) is -0.794. The van der Waals surface area contributed by atoms with Crippen LogP contribution in [0.4, 0.5) is 13.6 Å². The van der Waals surface area contributed by atoms with Crippen LogP contribution in [0.15, 0.2) is 30.3 Å². The van der Waals surface area contributed by atoms with Gasteiger partial charge in [-0.05, 0) is 41.8 Å². The average Bonchev–Trinajstić information content (AvgIpc) is 2.76. The third kappa shape index (κ3) is 3.04. The van der Waals surface area contributed by atoms with Crippen molar-refractivity contribution in [2.24, 2.45) is 11.1 Å². The number of halogens is 2. The third-order valence-electron chi connectivity index (χ3n) is 4.57. The summed E-state index contributed by atoms with van der Waals surface area (Å²) in [6, 6.07) is 7.19. The number of rotatable bonds is 3. The van der Waals surface area contributed by atoms with Crippen LogP contribution >= 0.6 is 0 Å². The first-order valence-corrected chi connectivity index (χ1v) is 7.85. The Morgan fingerprint density at radius 2 is 1.84 bits per heavy atom. The van der Waals surface area contributed by atoms with Gasteiger partial charge in [-0.25, -0.2) is 13.6 Å². The van der Waals surface area contributed by atoms with Gasteiger partial charge in [0, 0.05) is 22.6 Å². The van der Waals surface area contributed by atoms with Gasteiger partial charge >= 0.3 is 6.09 Å². The fourth-order valence-electron chi connectivity index (χ4n) is 3.42. The molecule has 2 N–H and O–H groups in total. The highest BCUT2D eigenvalue weighted by Gasteiger charge is 2.42. The third-order valence-corrected chi connectivity index (χ3v) is 4.57. The van der Waals surface area contributed by atoms with Crippen LogP contribution in [0.5, 0.6) is 5.75 Å². The Labute approximate surface area is 144 Å². The Hall–Kier alpha value is -2.63. The number of ether oxygens (including phenoxy) is 2. The molecule has 0 bridgehead atoms. The number of primary amides is 1. The van der Waals surface area contributed by atoms with Crippen molar-refractivity contribution in [3.63, 3.8) is 0 Å². The first kappa shape index (κ1) is 17.2. The maximum Gasteiger partial charge on any atom is 0.405 e. The van der Waals surface area contributed by atoms with Crippen LogP contribution in [0.3, 0.4) is 0 Å². The zero-order valence-electron chi connectivity index (χ0n) is 14.2. The van der Waals surface area contributed by atoms with E-state index in [2.05, 4.69) is 0 Å². The molecule has 6 heteroatoms. The largest absolute Gasteiger partial charge is 0.497 e. The number of hydrogen-bond donors (Lipinski definition) is 1. The first-order chi connectivity index (χ1) is 11.7. The van der Waals surface area contributed by atoms with Gasteiger partial charge < -0.3 is 15.2 Å². The summed E-state index contributed by atoms with van der Waals surface area (Å²) in [7, 11) is 1.44. The zero-order chi connectivity index (χ0) is 18.4. The SMILES string of the molecule is COc1ccc(-c2cc3c(cc2F)[C@H](OC(N)=O)C(C)(C)C3)c(F)c1. The molecule has 0 unspecified atom stereocenters. The van der Waals surface area contributed by atoms with Crippen molar-refractivity contribution in [2.45, 2.75) is 26.4 Å². The summed E-state index contributed by atoms with van der Waals surface area (Å²) < 4.78 is 39.2. The lowest BCUT2D eigenvalue weighted by Crippen LogP contribution is -2.25. The van der Waals surface area contributed by atoms with E-state index in [1.165, 1.54) is 25.3 Å². The van der Waals surface area contributed by atoms with E-state index in [1.54, 1.807) is 12.1 Å². The van der Waals surface area contributed by atoms with Crippen molar-refractivity contribution in [2.75, 3.05) is 7.11 Å². The highest BCUT2D eigenvalue weighted by atomic mass is 19.1. The number of carbonyl (C=O) groups is 1. The topological polar surface area (TPSA) is 61.6 Å². The minimum absolute atomic E-state index is 0.151. The molecule has 132 valence electrons. The van der Waals surface area contributed by atoms with Gasteiger partial charge in [0.15, 0.2) is 0 Å². The Kier molecular flexibility index (Phi) is 4.14. The Balaban J connectivity index is 2.08. The van der Waals surface area contributed by atoms with Crippen molar-refractivity contribution in [3.8, 4) is 16.9 Å². The molecule has 0 saturated carbocycles. The van der Waals surface area contributed by atoms with Crippen molar-refractivity contribution in [3.05, 3.63) is 53.1 Å². The molecule has 1 aliphatic carbocycles. The minimum atomic E-state index is -0.906. The highest BCUT2D eigenvalue weighted by molar-refractivity contribution is 5.69. The molecule has 0 radical (unpaired) electrons. The number of carbonyl (C=O) groups excluding carboxylic acids is 1. The van der Waals surface area contributed by atoms with Gasteiger partial charge in [-0.1, -0.05) is 13.8 Å². The summed E-state index contributed by atoms with van der Waals surface area (Å²) in [5.41, 5.74) is 6.40. The lowest BCUT2D eigenvalue weighted by Gasteiger charge is -2.26. The molecule has 1 aliphatic rings. The molecular formula is C19H19F2NO3. The van der Waals surface area contributed by atoms with Gasteiger partial charge in [0.25, 0.3) is 0 Å². The molecular weight excluding hydrogens is 328 g/mol. The molecule has 4 nitrogen and oxygen atoms in total. The van der Waals surface area contributed by atoms with Crippen LogP contribution < -0.4 is 10.5 Å². The normalized spacial score (nSPS) is 17.9. The van der Waals surface area contributed by atoms with Gasteiger partial charge in [-0.15, -0.1) is 0 Å². The molecule has 3 rings (SSSR count). The van der Waals surface area contributed by atoms with Crippen LogP contribution in [0.25, 0.3) is 11.1 Å². The fraction of sp³-hybridized carbons (Fsp3) is 0.316. The first-order valence-electron chi connectivity index (χ1n) is 7.85. The number of fused-ring (bicyclic) bond motifs is 1. The standard InChI is InChI=1S/C19H19F2NO3/c1-19(2)9-10-6-14(12-5-4-11(24-3)7-15(12)20)16(21)8-13(10)17(19)25-18(22)23/h4-8,17H,9H2,1-3H3,(H2,22,23)/t17-/m0/s1. The molecule has 1 atom stereocenters. The Morgan fingerprint density at radius 3 is 2.44 bits per heavy atom. The molecule has 0 heterocycles. The molecule has 2 aromatic rings. The van der Waals surface area contributed by atoms with Crippen molar-refractivity contribution >= 4 is 6.09 Å². The van der Waals surface area contributed by atoms with E-state index in [1.807, 2.05) is 13.8 Å². The van der Waals surface area contributed by atoms with E-state index in [0.29, 0.717) is 17.7 Å². The molecule has 0 aromatic heterocycles. The number of hydrogen-bond acceptors (Lipinski definition) is 3. The molecule has 25 heavy (non-hydrogen) atoms. The lowest BCUT2D eigenvalue weighted by molar-refractivity contribution is 0.0391. The monoisotopic (exact) mass is 347 g/mol. The summed E-state index contributed by atoms with van der Waals surface area (Å²) in [5, 5.41) is 0. The number of methoxy groups -OCH3 is 1. The maximum atomic E-state index is 14.7. The summed E-state index contributed by atoms with van der Waals surface area (Å²) in [6.45, 7) is 3.82. The second-order valence-corrected chi connectivity index (χ2v) is 6.86. The summed E-state index contributed by atoms with van der Waals surface area (Å²) in [6.07, 6.45) is -0.980. The average molecular weight is 347 g/mol. The predicted molar refractivity (Wildman–Crippen MR) is 89.2 cm³/mol. The van der Waals surface area contributed by atoms with Crippen LogP contribution in [0.2, 0.25) is 0 Å². The molecule has 0 spiro atoms. The summed E-state index contributed by atoms with van der Waals surface area (Å²) >= 11 is 0. The molecule has 0 saturated heterocycles. The van der Waals surface area contributed by atoms with Crippen LogP contribution in [0.1, 0.15) is 31.1 Å². The number of nitrogens with two attached hydrogens (primary N) is 1. The summed E-state index contributed by atoms with van der Waals surface area (Å²) in [4.78, 5) is 11.2. The van der Waals surface area contributed by atoms with E-state index in [9.17, 15) is 13.6 Å². The lowest BCUT2D eigenvalue weighted by atomic mass is 9.87. The zero-order valence-corrected chi connectivity index (χ0v) is 14.2. The van der Waals surface area contributed by atoms with Gasteiger partial charge in [0.2, 0.25) is 0 Å². The van der Waals surface area contributed by atoms with Crippen molar-refractivity contribution < 1.29 is 23.0 Å². The van der Waals surface area contributed by atoms with E-state index in [-0.39, 0.29) is 11.1 Å². The van der Waals surface area contributed by atoms with Crippen LogP contribution in [-0.2, 0) is 11.2 Å². The molecule has 0 aliphatic heterocycles. The predicted octanol–water partition coefficient (Wildman–Crippen LogP) is 4.36.